The first-order valence-corrected chi connectivity index (χ1v) is 6.02. The highest BCUT2D eigenvalue weighted by Gasteiger charge is 2.44. The van der Waals surface area contributed by atoms with Gasteiger partial charge >= 0.3 is 36.4 Å². The van der Waals surface area contributed by atoms with E-state index in [1.54, 1.807) is 0 Å². The Hall–Kier alpha value is -3.00. The van der Waals surface area contributed by atoms with E-state index >= 15 is 0 Å². The van der Waals surface area contributed by atoms with Gasteiger partial charge in [-0.15, -0.1) is 0 Å². The Morgan fingerprint density at radius 2 is 0.704 bits per heavy atom. The summed E-state index contributed by atoms with van der Waals surface area (Å²) in [6.07, 6.45) is -16.7. The number of carbonyl (C=O) groups is 3. The van der Waals surface area contributed by atoms with Crippen LogP contribution in [0.2, 0.25) is 0 Å². The van der Waals surface area contributed by atoms with Crippen molar-refractivity contribution in [2.45, 2.75) is 18.5 Å². The average Bonchev–Trinajstić information content (AvgIpc) is 2.43. The molecular weight excluding hydrogens is 411 g/mol. The molecule has 150 valence electrons. The third kappa shape index (κ3) is 6.67. The van der Waals surface area contributed by atoms with Crippen molar-refractivity contribution >= 4 is 17.9 Å². The number of hydrogen-bond donors (Lipinski definition) is 0. The summed E-state index contributed by atoms with van der Waals surface area (Å²) in [6.45, 7) is 0. The summed E-state index contributed by atoms with van der Waals surface area (Å²) in [7, 11) is 0. The molecular formula is C12H3F9O6. The zero-order valence-corrected chi connectivity index (χ0v) is 12.1. The Morgan fingerprint density at radius 3 is 0.852 bits per heavy atom. The van der Waals surface area contributed by atoms with Gasteiger partial charge in [0.1, 0.15) is 17.2 Å². The summed E-state index contributed by atoms with van der Waals surface area (Å²) in [6, 6.07) is 0.411. The average molecular weight is 414 g/mol. The van der Waals surface area contributed by atoms with Crippen molar-refractivity contribution in [2.75, 3.05) is 0 Å². The summed E-state index contributed by atoms with van der Waals surface area (Å²) >= 11 is 0. The molecule has 0 unspecified atom stereocenters. The standard InChI is InChI=1S/C12H3F9O6/c13-10(14,15)7(22)25-4-1-5(26-8(23)11(16,17)18)3-6(2-4)27-9(24)12(19,20)21/h1-3H. The minimum absolute atomic E-state index is 0.137. The molecule has 0 N–H and O–H groups in total. The van der Waals surface area contributed by atoms with E-state index in [-0.39, 0.29) is 18.2 Å². The SMILES string of the molecule is O=C(Oc1cc(OC(=O)C(F)(F)F)cc(OC(=O)C(F)(F)F)c1)C(F)(F)F. The van der Waals surface area contributed by atoms with Gasteiger partial charge in [0, 0.05) is 18.2 Å². The van der Waals surface area contributed by atoms with Gasteiger partial charge in [0.15, 0.2) is 0 Å². The minimum Gasteiger partial charge on any atom is -0.420 e. The molecule has 1 aromatic carbocycles. The van der Waals surface area contributed by atoms with Gasteiger partial charge in [-0.1, -0.05) is 0 Å². The Kier molecular flexibility index (Phi) is 5.97. The lowest BCUT2D eigenvalue weighted by atomic mass is 10.3. The normalized spacial score (nSPS) is 12.3. The third-order valence-corrected chi connectivity index (χ3v) is 2.18. The predicted octanol–water partition coefficient (Wildman–Crippen LogP) is 3.09. The second-order valence-corrected chi connectivity index (χ2v) is 4.30. The maximum Gasteiger partial charge on any atom is 0.491 e. The van der Waals surface area contributed by atoms with Crippen LogP contribution in [0.4, 0.5) is 39.5 Å². The molecule has 0 saturated heterocycles. The monoisotopic (exact) mass is 414 g/mol. The van der Waals surface area contributed by atoms with Crippen LogP contribution in [0.3, 0.4) is 0 Å². The second-order valence-electron chi connectivity index (χ2n) is 4.30. The Labute approximate surface area is 141 Å². The van der Waals surface area contributed by atoms with Crippen LogP contribution in [-0.2, 0) is 14.4 Å². The number of ether oxygens (including phenoxy) is 3. The number of benzene rings is 1. The molecule has 15 heteroatoms. The molecule has 0 aromatic heterocycles. The minimum atomic E-state index is -5.58. The largest absolute Gasteiger partial charge is 0.491 e. The molecule has 27 heavy (non-hydrogen) atoms. The van der Waals surface area contributed by atoms with Crippen LogP contribution in [0.25, 0.3) is 0 Å². The topological polar surface area (TPSA) is 78.9 Å². The molecule has 0 radical (unpaired) electrons. The fraction of sp³-hybridized carbons (Fsp3) is 0.250. The van der Waals surface area contributed by atoms with Crippen molar-refractivity contribution in [2.24, 2.45) is 0 Å². The summed E-state index contributed by atoms with van der Waals surface area (Å²) in [5.41, 5.74) is 0. The lowest BCUT2D eigenvalue weighted by Crippen LogP contribution is -2.29. The molecule has 0 aliphatic carbocycles. The van der Waals surface area contributed by atoms with E-state index in [0.29, 0.717) is 0 Å². The van der Waals surface area contributed by atoms with Gasteiger partial charge < -0.3 is 14.2 Å². The number of esters is 3. The van der Waals surface area contributed by atoms with Crippen LogP contribution in [0, 0.1) is 0 Å². The molecule has 0 fully saturated rings. The smallest absolute Gasteiger partial charge is 0.420 e. The Balaban J connectivity index is 3.24. The fourth-order valence-electron chi connectivity index (χ4n) is 1.22. The van der Waals surface area contributed by atoms with E-state index in [2.05, 4.69) is 14.2 Å². The highest BCUT2D eigenvalue weighted by atomic mass is 19.4. The Bertz CT molecular complexity index is 635. The first kappa shape index (κ1) is 22.0. The van der Waals surface area contributed by atoms with Crippen LogP contribution in [-0.4, -0.2) is 36.4 Å². The lowest BCUT2D eigenvalue weighted by molar-refractivity contribution is -0.190. The Morgan fingerprint density at radius 1 is 0.519 bits per heavy atom. The van der Waals surface area contributed by atoms with Gasteiger partial charge in [-0.3, -0.25) is 0 Å². The zero-order chi connectivity index (χ0) is 21.2. The molecule has 1 rings (SSSR count). The summed E-state index contributed by atoms with van der Waals surface area (Å²) in [5, 5.41) is 0. The van der Waals surface area contributed by atoms with Gasteiger partial charge in [0.2, 0.25) is 0 Å². The zero-order valence-electron chi connectivity index (χ0n) is 12.1. The second kappa shape index (κ2) is 7.32. The third-order valence-electron chi connectivity index (χ3n) is 2.18. The number of hydrogen-bond acceptors (Lipinski definition) is 6. The molecule has 0 saturated carbocycles. The molecule has 0 spiro atoms. The van der Waals surface area contributed by atoms with E-state index in [4.69, 9.17) is 0 Å². The molecule has 6 nitrogen and oxygen atoms in total. The van der Waals surface area contributed by atoms with E-state index in [1.807, 2.05) is 0 Å². The maximum atomic E-state index is 12.1. The van der Waals surface area contributed by atoms with Gasteiger partial charge in [-0.2, -0.15) is 39.5 Å². The first-order chi connectivity index (χ1) is 12.0. The van der Waals surface area contributed by atoms with Crippen molar-refractivity contribution < 1.29 is 68.1 Å². The van der Waals surface area contributed by atoms with Crippen LogP contribution < -0.4 is 14.2 Å². The summed E-state index contributed by atoms with van der Waals surface area (Å²) in [4.78, 5) is 32.1. The van der Waals surface area contributed by atoms with Gasteiger partial charge in [-0.25, -0.2) is 14.4 Å². The van der Waals surface area contributed by atoms with Crippen molar-refractivity contribution in [1.82, 2.24) is 0 Å². The van der Waals surface area contributed by atoms with Gasteiger partial charge in [0.05, 0.1) is 0 Å². The number of rotatable bonds is 3. The van der Waals surface area contributed by atoms with Crippen molar-refractivity contribution in [3.63, 3.8) is 0 Å². The van der Waals surface area contributed by atoms with Crippen LogP contribution >= 0.6 is 0 Å². The van der Waals surface area contributed by atoms with Crippen LogP contribution in [0.15, 0.2) is 18.2 Å². The molecule has 1 aromatic rings. The molecule has 0 atom stereocenters. The molecule has 0 heterocycles. The van der Waals surface area contributed by atoms with Crippen molar-refractivity contribution in [1.29, 1.82) is 0 Å². The quantitative estimate of drug-likeness (QED) is 0.430. The first-order valence-electron chi connectivity index (χ1n) is 6.02. The number of carbonyl (C=O) groups excluding carboxylic acids is 3. The predicted molar refractivity (Wildman–Crippen MR) is 61.5 cm³/mol. The highest BCUT2D eigenvalue weighted by Crippen LogP contribution is 2.32. The lowest BCUT2D eigenvalue weighted by Gasteiger charge is -2.13. The van der Waals surface area contributed by atoms with Gasteiger partial charge in [0.25, 0.3) is 0 Å². The summed E-state index contributed by atoms with van der Waals surface area (Å²) in [5.74, 6) is -12.7. The van der Waals surface area contributed by atoms with Crippen LogP contribution in [0.5, 0.6) is 17.2 Å². The van der Waals surface area contributed by atoms with Crippen LogP contribution in [0.1, 0.15) is 0 Å². The molecule has 0 bridgehead atoms. The number of halogens is 9. The highest BCUT2D eigenvalue weighted by molar-refractivity contribution is 5.81. The fourth-order valence-corrected chi connectivity index (χ4v) is 1.22. The summed E-state index contributed by atoms with van der Waals surface area (Å²) < 4.78 is 120. The van der Waals surface area contributed by atoms with E-state index < -0.39 is 53.7 Å². The van der Waals surface area contributed by atoms with E-state index in [9.17, 15) is 53.9 Å². The maximum absolute atomic E-state index is 12.1. The number of alkyl halides is 9. The van der Waals surface area contributed by atoms with E-state index in [1.165, 1.54) is 0 Å². The molecule has 0 aliphatic rings. The van der Waals surface area contributed by atoms with Crippen molar-refractivity contribution in [3.8, 4) is 17.2 Å². The van der Waals surface area contributed by atoms with Crippen molar-refractivity contribution in [3.05, 3.63) is 18.2 Å². The molecule has 0 amide bonds. The molecule has 0 aliphatic heterocycles. The van der Waals surface area contributed by atoms with E-state index in [0.717, 1.165) is 0 Å². The van der Waals surface area contributed by atoms with Gasteiger partial charge in [-0.05, 0) is 0 Å².